The average molecular weight is 189 g/mol. The van der Waals surface area contributed by atoms with Crippen molar-refractivity contribution in [1.29, 1.82) is 0 Å². The normalized spacial score (nSPS) is 8.57. The van der Waals surface area contributed by atoms with Crippen LogP contribution >= 0.6 is 0 Å². The highest BCUT2D eigenvalue weighted by Crippen LogP contribution is 2.16. The first-order valence-electron chi connectivity index (χ1n) is 3.73. The molecule has 1 rings (SSSR count). The number of carbonyl (C=O) groups excluding carboxylic acids is 2. The number of nitrogens with two attached hydrogens (primary N) is 1. The predicted molar refractivity (Wildman–Crippen MR) is 49.6 cm³/mol. The third-order valence-corrected chi connectivity index (χ3v) is 1.48. The lowest BCUT2D eigenvalue weighted by atomic mass is 10.1. The summed E-state index contributed by atoms with van der Waals surface area (Å²) in [5.41, 5.74) is 5.37. The maximum absolute atomic E-state index is 10.4. The fourth-order valence-corrected chi connectivity index (χ4v) is 0.856. The first-order valence-corrected chi connectivity index (χ1v) is 3.73. The molecule has 0 unspecified atom stereocenters. The van der Waals surface area contributed by atoms with Crippen molar-refractivity contribution < 1.29 is 14.7 Å². The first-order chi connectivity index (χ1) is 6.63. The number of carbonyl (C=O) groups is 2. The van der Waals surface area contributed by atoms with E-state index in [0.717, 1.165) is 0 Å². The van der Waals surface area contributed by atoms with Gasteiger partial charge in [-0.25, -0.2) is 0 Å². The van der Waals surface area contributed by atoms with Gasteiger partial charge in [-0.15, -0.1) is 0 Å². The Hall–Kier alpha value is -2.28. The van der Waals surface area contributed by atoms with Crippen LogP contribution in [0.3, 0.4) is 0 Å². The van der Waals surface area contributed by atoms with Crippen LogP contribution in [0.25, 0.3) is 0 Å². The third kappa shape index (κ3) is 2.35. The highest BCUT2D eigenvalue weighted by molar-refractivity contribution is 5.92. The standard InChI is InChI=1S/C10H7NO3/c11-10(14)4-2-8-5-7(6-12)1-3-9(8)13/h1,3,5-6,13H,(H2,11,14). The molecule has 4 heteroatoms. The van der Waals surface area contributed by atoms with Crippen molar-refractivity contribution >= 4 is 12.2 Å². The molecule has 1 aromatic carbocycles. The van der Waals surface area contributed by atoms with E-state index in [0.29, 0.717) is 11.8 Å². The van der Waals surface area contributed by atoms with E-state index in [9.17, 15) is 14.7 Å². The number of phenols is 1. The van der Waals surface area contributed by atoms with Crippen LogP contribution in [0.1, 0.15) is 15.9 Å². The van der Waals surface area contributed by atoms with Gasteiger partial charge in [-0.1, -0.05) is 5.92 Å². The summed E-state index contributed by atoms with van der Waals surface area (Å²) in [5.74, 6) is 3.54. The van der Waals surface area contributed by atoms with Gasteiger partial charge in [0, 0.05) is 11.5 Å². The molecule has 14 heavy (non-hydrogen) atoms. The fourth-order valence-electron chi connectivity index (χ4n) is 0.856. The molecule has 70 valence electrons. The summed E-state index contributed by atoms with van der Waals surface area (Å²) in [6.07, 6.45) is 0.620. The summed E-state index contributed by atoms with van der Waals surface area (Å²) in [6.45, 7) is 0. The number of amides is 1. The largest absolute Gasteiger partial charge is 0.507 e. The minimum atomic E-state index is -0.791. The molecular formula is C10H7NO3. The number of benzene rings is 1. The molecule has 0 radical (unpaired) electrons. The number of hydrogen-bond acceptors (Lipinski definition) is 3. The molecule has 0 saturated heterocycles. The van der Waals surface area contributed by atoms with E-state index in [2.05, 4.69) is 11.8 Å². The van der Waals surface area contributed by atoms with Crippen LogP contribution in [0.4, 0.5) is 0 Å². The van der Waals surface area contributed by atoms with Crippen molar-refractivity contribution in [2.24, 2.45) is 5.73 Å². The average Bonchev–Trinajstić information content (AvgIpc) is 2.16. The monoisotopic (exact) mass is 189 g/mol. The Morgan fingerprint density at radius 3 is 2.79 bits per heavy atom. The highest BCUT2D eigenvalue weighted by Gasteiger charge is 1.99. The number of hydrogen-bond donors (Lipinski definition) is 2. The number of primary amides is 1. The second-order valence-electron chi connectivity index (χ2n) is 2.51. The van der Waals surface area contributed by atoms with Gasteiger partial charge < -0.3 is 10.8 Å². The van der Waals surface area contributed by atoms with Crippen LogP contribution < -0.4 is 5.73 Å². The second-order valence-corrected chi connectivity index (χ2v) is 2.51. The molecule has 1 aromatic rings. The molecule has 0 fully saturated rings. The molecule has 3 N–H and O–H groups in total. The predicted octanol–water partition coefficient (Wildman–Crippen LogP) is 0.0415. The Morgan fingerprint density at radius 1 is 1.50 bits per heavy atom. The third-order valence-electron chi connectivity index (χ3n) is 1.48. The number of aromatic hydroxyl groups is 1. The van der Waals surface area contributed by atoms with Gasteiger partial charge in [-0.2, -0.15) is 0 Å². The van der Waals surface area contributed by atoms with Crippen LogP contribution in [0.15, 0.2) is 18.2 Å². The molecule has 0 atom stereocenters. The van der Waals surface area contributed by atoms with Crippen LogP contribution in [0, 0.1) is 11.8 Å². The van der Waals surface area contributed by atoms with Gasteiger partial charge in [-0.05, 0) is 18.2 Å². The van der Waals surface area contributed by atoms with Crippen LogP contribution in [0.2, 0.25) is 0 Å². The van der Waals surface area contributed by atoms with Crippen LogP contribution in [0.5, 0.6) is 5.75 Å². The molecule has 0 aliphatic carbocycles. The molecule has 0 spiro atoms. The van der Waals surface area contributed by atoms with E-state index >= 15 is 0 Å². The topological polar surface area (TPSA) is 80.4 Å². The Morgan fingerprint density at radius 2 is 2.21 bits per heavy atom. The summed E-state index contributed by atoms with van der Waals surface area (Å²) in [7, 11) is 0. The Kier molecular flexibility index (Phi) is 2.87. The lowest BCUT2D eigenvalue weighted by Gasteiger charge is -1.96. The SMILES string of the molecule is NC(=O)C#Cc1cc(C=O)ccc1O. The van der Waals surface area contributed by atoms with Crippen molar-refractivity contribution in [3.8, 4) is 17.6 Å². The van der Waals surface area contributed by atoms with E-state index < -0.39 is 5.91 Å². The zero-order valence-corrected chi connectivity index (χ0v) is 7.15. The lowest BCUT2D eigenvalue weighted by molar-refractivity contribution is -0.112. The van der Waals surface area contributed by atoms with Crippen LogP contribution in [-0.2, 0) is 4.79 Å². The van der Waals surface area contributed by atoms with Crippen molar-refractivity contribution in [1.82, 2.24) is 0 Å². The summed E-state index contributed by atoms with van der Waals surface area (Å²) < 4.78 is 0. The molecule has 1 amide bonds. The van der Waals surface area contributed by atoms with E-state index in [4.69, 9.17) is 5.73 Å². The summed E-state index contributed by atoms with van der Waals surface area (Å²) >= 11 is 0. The Balaban J connectivity index is 3.14. The summed E-state index contributed by atoms with van der Waals surface area (Å²) in [6, 6.07) is 4.14. The van der Waals surface area contributed by atoms with Gasteiger partial charge in [-0.3, -0.25) is 9.59 Å². The fraction of sp³-hybridized carbons (Fsp3) is 0. The van der Waals surface area contributed by atoms with E-state index in [1.807, 2.05) is 0 Å². The second kappa shape index (κ2) is 4.10. The molecular weight excluding hydrogens is 182 g/mol. The molecule has 0 aliphatic rings. The van der Waals surface area contributed by atoms with E-state index in [-0.39, 0.29) is 11.3 Å². The maximum Gasteiger partial charge on any atom is 0.293 e. The van der Waals surface area contributed by atoms with E-state index in [1.165, 1.54) is 18.2 Å². The Bertz CT molecular complexity index is 440. The first kappa shape index (κ1) is 9.81. The number of aldehydes is 1. The highest BCUT2D eigenvalue weighted by atomic mass is 16.3. The molecule has 4 nitrogen and oxygen atoms in total. The summed E-state index contributed by atoms with van der Waals surface area (Å²) in [4.78, 5) is 20.7. The summed E-state index contributed by atoms with van der Waals surface area (Å²) in [5, 5.41) is 9.27. The van der Waals surface area contributed by atoms with Crippen molar-refractivity contribution in [2.75, 3.05) is 0 Å². The minimum absolute atomic E-state index is 0.0932. The molecule has 0 aromatic heterocycles. The number of rotatable bonds is 1. The zero-order valence-electron chi connectivity index (χ0n) is 7.15. The van der Waals surface area contributed by atoms with Gasteiger partial charge in [0.2, 0.25) is 0 Å². The quantitative estimate of drug-likeness (QED) is 0.483. The molecule has 0 heterocycles. The van der Waals surface area contributed by atoms with Gasteiger partial charge in [0.1, 0.15) is 12.0 Å². The molecule has 0 saturated carbocycles. The van der Waals surface area contributed by atoms with Gasteiger partial charge in [0.15, 0.2) is 0 Å². The van der Waals surface area contributed by atoms with Crippen LogP contribution in [-0.4, -0.2) is 17.3 Å². The van der Waals surface area contributed by atoms with Gasteiger partial charge in [0.05, 0.1) is 5.56 Å². The van der Waals surface area contributed by atoms with Gasteiger partial charge >= 0.3 is 0 Å². The van der Waals surface area contributed by atoms with Crippen molar-refractivity contribution in [3.63, 3.8) is 0 Å². The maximum atomic E-state index is 10.4. The van der Waals surface area contributed by atoms with Crippen molar-refractivity contribution in [2.45, 2.75) is 0 Å². The number of phenolic OH excluding ortho intramolecular Hbond substituents is 1. The smallest absolute Gasteiger partial charge is 0.293 e. The van der Waals surface area contributed by atoms with E-state index in [1.54, 1.807) is 0 Å². The minimum Gasteiger partial charge on any atom is -0.507 e. The molecule has 0 aliphatic heterocycles. The lowest BCUT2D eigenvalue weighted by Crippen LogP contribution is -2.06. The molecule has 0 bridgehead atoms. The van der Waals surface area contributed by atoms with Crippen molar-refractivity contribution in [3.05, 3.63) is 29.3 Å². The van der Waals surface area contributed by atoms with Gasteiger partial charge in [0.25, 0.3) is 5.91 Å². The Labute approximate surface area is 80.3 Å². The zero-order chi connectivity index (χ0) is 10.6.